The number of hydrogen-bond acceptors (Lipinski definition) is 5. The van der Waals surface area contributed by atoms with E-state index in [4.69, 9.17) is 4.74 Å². The molecular weight excluding hydrogens is 935 g/mol. The number of rotatable bonds is 65. The monoisotopic (exact) mass is 1070 g/mol. The van der Waals surface area contributed by atoms with E-state index < -0.39 is 12.1 Å². The van der Waals surface area contributed by atoms with Gasteiger partial charge >= 0.3 is 5.97 Å². The molecule has 0 bridgehead atoms. The van der Waals surface area contributed by atoms with Crippen LogP contribution in [0, 0.1) is 0 Å². The van der Waals surface area contributed by atoms with Crippen molar-refractivity contribution in [2.45, 2.75) is 398 Å². The number of aliphatic hydroxyl groups excluding tert-OH is 2. The molecule has 0 aromatic heterocycles. The van der Waals surface area contributed by atoms with Crippen molar-refractivity contribution in [3.63, 3.8) is 0 Å². The van der Waals surface area contributed by atoms with Crippen molar-refractivity contribution in [3.8, 4) is 0 Å². The lowest BCUT2D eigenvalue weighted by Gasteiger charge is -2.22. The van der Waals surface area contributed by atoms with Gasteiger partial charge in [0.2, 0.25) is 5.91 Å². The molecule has 2 unspecified atom stereocenters. The molecule has 3 N–H and O–H groups in total. The van der Waals surface area contributed by atoms with Crippen molar-refractivity contribution in [3.05, 3.63) is 24.3 Å². The largest absolute Gasteiger partial charge is 0.466 e. The third-order valence-electron chi connectivity index (χ3n) is 16.3. The van der Waals surface area contributed by atoms with Gasteiger partial charge in [0, 0.05) is 12.8 Å². The molecule has 0 radical (unpaired) electrons. The summed E-state index contributed by atoms with van der Waals surface area (Å²) >= 11 is 0. The Bertz CT molecular complexity index is 1190. The van der Waals surface area contributed by atoms with E-state index in [0.717, 1.165) is 51.4 Å². The zero-order chi connectivity index (χ0) is 55.0. The first-order valence-corrected chi connectivity index (χ1v) is 34.6. The number of unbranched alkanes of at least 4 members (excludes halogenated alkanes) is 50. The van der Waals surface area contributed by atoms with Gasteiger partial charge in [-0.2, -0.15) is 0 Å². The van der Waals surface area contributed by atoms with Crippen LogP contribution in [0.25, 0.3) is 0 Å². The first-order chi connectivity index (χ1) is 37.5. The second-order valence-corrected chi connectivity index (χ2v) is 23.9. The Balaban J connectivity index is 3.39. The van der Waals surface area contributed by atoms with Gasteiger partial charge in [0.05, 0.1) is 25.4 Å². The lowest BCUT2D eigenvalue weighted by Crippen LogP contribution is -2.45. The van der Waals surface area contributed by atoms with Crippen LogP contribution < -0.4 is 5.32 Å². The summed E-state index contributed by atoms with van der Waals surface area (Å²) in [6, 6.07) is -0.544. The molecule has 450 valence electrons. The molecule has 0 aliphatic carbocycles. The second kappa shape index (κ2) is 65.9. The molecule has 0 saturated heterocycles. The van der Waals surface area contributed by atoms with E-state index in [1.165, 1.54) is 302 Å². The standard InChI is InChI=1S/C70H135NO5/c1-3-5-7-9-11-13-15-17-19-21-22-23-24-27-31-34-38-42-46-50-54-58-62-68(73)67(66-72)71-69(74)63-59-55-51-47-43-39-35-32-28-25-26-29-33-37-41-45-49-53-57-61-65-76-70(75)64-60-56-52-48-44-40-36-30-20-18-16-14-12-10-8-6-4-2/h12,14,18,20,67-68,72-73H,3-11,13,15-17,19,21-66H2,1-2H3,(H,71,74)/b14-12-,20-18-. The maximum Gasteiger partial charge on any atom is 0.305 e. The van der Waals surface area contributed by atoms with Crippen LogP contribution in [0.3, 0.4) is 0 Å². The molecule has 0 aromatic rings. The average molecular weight is 1070 g/mol. The molecule has 0 rings (SSSR count). The quantitative estimate of drug-likeness (QED) is 0.0320. The molecule has 6 nitrogen and oxygen atoms in total. The summed E-state index contributed by atoms with van der Waals surface area (Å²) in [5, 5.41) is 23.4. The second-order valence-electron chi connectivity index (χ2n) is 23.9. The van der Waals surface area contributed by atoms with Crippen LogP contribution in [-0.4, -0.2) is 47.4 Å². The average Bonchev–Trinajstić information content (AvgIpc) is 3.42. The number of aliphatic hydroxyl groups is 2. The molecular formula is C70H135NO5. The highest BCUT2D eigenvalue weighted by atomic mass is 16.5. The summed E-state index contributed by atoms with van der Waals surface area (Å²) in [6.45, 7) is 4.96. The number of hydrogen-bond donors (Lipinski definition) is 3. The van der Waals surface area contributed by atoms with E-state index in [0.29, 0.717) is 25.9 Å². The van der Waals surface area contributed by atoms with Gasteiger partial charge in [0.1, 0.15) is 0 Å². The van der Waals surface area contributed by atoms with Gasteiger partial charge in [-0.3, -0.25) is 9.59 Å². The number of carbonyl (C=O) groups is 2. The van der Waals surface area contributed by atoms with Gasteiger partial charge < -0.3 is 20.3 Å². The van der Waals surface area contributed by atoms with E-state index in [2.05, 4.69) is 43.5 Å². The highest BCUT2D eigenvalue weighted by Gasteiger charge is 2.20. The van der Waals surface area contributed by atoms with Crippen LogP contribution in [-0.2, 0) is 14.3 Å². The van der Waals surface area contributed by atoms with Crippen LogP contribution in [0.2, 0.25) is 0 Å². The normalized spacial score (nSPS) is 12.6. The number of amides is 1. The zero-order valence-electron chi connectivity index (χ0n) is 51.5. The SMILES string of the molecule is CCCCC/C=C\C/C=C\CCCCCCCCCC(=O)OCCCCCCCCCCCCCCCCCCCCCCC(=O)NC(CO)C(O)CCCCCCCCCCCCCCCCCCCCCCCC. The predicted octanol–water partition coefficient (Wildman–Crippen LogP) is 22.1. The van der Waals surface area contributed by atoms with Crippen LogP contribution >= 0.6 is 0 Å². The van der Waals surface area contributed by atoms with E-state index >= 15 is 0 Å². The third-order valence-corrected chi connectivity index (χ3v) is 16.3. The Labute approximate surface area is 475 Å². The van der Waals surface area contributed by atoms with E-state index in [9.17, 15) is 19.8 Å². The van der Waals surface area contributed by atoms with Crippen molar-refractivity contribution in [2.75, 3.05) is 13.2 Å². The summed E-state index contributed by atoms with van der Waals surface area (Å²) in [6.07, 6.45) is 82.1. The molecule has 2 atom stereocenters. The molecule has 6 heteroatoms. The summed E-state index contributed by atoms with van der Waals surface area (Å²) in [4.78, 5) is 24.6. The summed E-state index contributed by atoms with van der Waals surface area (Å²) in [7, 11) is 0. The lowest BCUT2D eigenvalue weighted by molar-refractivity contribution is -0.143. The number of esters is 1. The van der Waals surface area contributed by atoms with Gasteiger partial charge in [0.25, 0.3) is 0 Å². The minimum Gasteiger partial charge on any atom is -0.466 e. The van der Waals surface area contributed by atoms with Crippen molar-refractivity contribution in [2.24, 2.45) is 0 Å². The molecule has 76 heavy (non-hydrogen) atoms. The Hall–Kier alpha value is -1.66. The van der Waals surface area contributed by atoms with Gasteiger partial charge in [-0.05, 0) is 57.8 Å². The van der Waals surface area contributed by atoms with Crippen molar-refractivity contribution < 1.29 is 24.5 Å². The zero-order valence-corrected chi connectivity index (χ0v) is 51.5. The number of allylic oxidation sites excluding steroid dienone is 4. The predicted molar refractivity (Wildman–Crippen MR) is 333 cm³/mol. The molecule has 1 amide bonds. The van der Waals surface area contributed by atoms with Crippen molar-refractivity contribution in [1.29, 1.82) is 0 Å². The fourth-order valence-corrected chi connectivity index (χ4v) is 11.0. The van der Waals surface area contributed by atoms with Crippen molar-refractivity contribution in [1.82, 2.24) is 5.32 Å². The van der Waals surface area contributed by atoms with Gasteiger partial charge in [-0.1, -0.05) is 340 Å². The van der Waals surface area contributed by atoms with Gasteiger partial charge in [0.15, 0.2) is 0 Å². The Morgan fingerprint density at radius 2 is 0.658 bits per heavy atom. The Morgan fingerprint density at radius 3 is 1.03 bits per heavy atom. The van der Waals surface area contributed by atoms with Crippen LogP contribution in [0.5, 0.6) is 0 Å². The number of ether oxygens (including phenoxy) is 1. The topological polar surface area (TPSA) is 95.9 Å². The fraction of sp³-hybridized carbons (Fsp3) is 0.914. The first-order valence-electron chi connectivity index (χ1n) is 34.6. The van der Waals surface area contributed by atoms with Crippen LogP contribution in [0.15, 0.2) is 24.3 Å². The molecule has 0 spiro atoms. The third kappa shape index (κ3) is 61.6. The number of carbonyl (C=O) groups excluding carboxylic acids is 2. The smallest absolute Gasteiger partial charge is 0.305 e. The molecule has 0 aliphatic heterocycles. The highest BCUT2D eigenvalue weighted by molar-refractivity contribution is 5.76. The Morgan fingerprint density at radius 1 is 0.368 bits per heavy atom. The molecule has 0 saturated carbocycles. The van der Waals surface area contributed by atoms with E-state index in [1.54, 1.807) is 0 Å². The van der Waals surface area contributed by atoms with Gasteiger partial charge in [-0.15, -0.1) is 0 Å². The highest BCUT2D eigenvalue weighted by Crippen LogP contribution is 2.19. The first kappa shape index (κ1) is 74.3. The summed E-state index contributed by atoms with van der Waals surface area (Å²) < 4.78 is 5.49. The molecule has 0 aromatic carbocycles. The fourth-order valence-electron chi connectivity index (χ4n) is 11.0. The maximum atomic E-state index is 12.5. The molecule has 0 fully saturated rings. The molecule has 0 heterocycles. The van der Waals surface area contributed by atoms with E-state index in [1.807, 2.05) is 0 Å². The Kier molecular flexibility index (Phi) is 64.4. The van der Waals surface area contributed by atoms with Crippen LogP contribution in [0.1, 0.15) is 386 Å². The minimum absolute atomic E-state index is 0.00391. The number of nitrogens with one attached hydrogen (secondary N) is 1. The van der Waals surface area contributed by atoms with Crippen LogP contribution in [0.4, 0.5) is 0 Å². The van der Waals surface area contributed by atoms with E-state index in [-0.39, 0.29) is 18.5 Å². The summed E-state index contributed by atoms with van der Waals surface area (Å²) in [5.74, 6) is -0.0287. The van der Waals surface area contributed by atoms with Gasteiger partial charge in [-0.25, -0.2) is 0 Å². The lowest BCUT2D eigenvalue weighted by atomic mass is 10.0. The minimum atomic E-state index is -0.667. The summed E-state index contributed by atoms with van der Waals surface area (Å²) in [5.41, 5.74) is 0. The maximum absolute atomic E-state index is 12.5. The van der Waals surface area contributed by atoms with Crippen molar-refractivity contribution >= 4 is 11.9 Å². The molecule has 0 aliphatic rings.